The van der Waals surface area contributed by atoms with E-state index in [0.717, 1.165) is 19.0 Å². The first-order valence-electron chi connectivity index (χ1n) is 8.27. The number of piperidine rings is 1. The second kappa shape index (κ2) is 7.56. The fourth-order valence-electron chi connectivity index (χ4n) is 3.12. The van der Waals surface area contributed by atoms with E-state index in [2.05, 4.69) is 9.97 Å². The van der Waals surface area contributed by atoms with Crippen molar-refractivity contribution >= 4 is 17.8 Å². The Morgan fingerprint density at radius 2 is 1.72 bits per heavy atom. The number of carboxylic acid groups (broad SMARTS) is 1. The van der Waals surface area contributed by atoms with E-state index >= 15 is 0 Å². The molecule has 2 fully saturated rings. The highest BCUT2D eigenvalue weighted by Gasteiger charge is 2.32. The largest absolute Gasteiger partial charge is 0.476 e. The second-order valence-corrected chi connectivity index (χ2v) is 6.12. The maximum Gasteiger partial charge on any atom is 0.356 e. The Morgan fingerprint density at radius 1 is 1.04 bits per heavy atom. The van der Waals surface area contributed by atoms with E-state index in [4.69, 9.17) is 9.84 Å². The number of nitrogens with zero attached hydrogens (tertiary/aromatic N) is 4. The van der Waals surface area contributed by atoms with Crippen molar-refractivity contribution in [3.63, 3.8) is 0 Å². The Labute approximate surface area is 144 Å². The number of carbonyl (C=O) groups is 3. The lowest BCUT2D eigenvalue weighted by Gasteiger charge is -2.36. The summed E-state index contributed by atoms with van der Waals surface area (Å²) in [5.41, 5.74) is -0.125. The summed E-state index contributed by atoms with van der Waals surface area (Å²) < 4.78 is 5.27. The van der Waals surface area contributed by atoms with Crippen LogP contribution in [0.15, 0.2) is 12.4 Å². The first-order chi connectivity index (χ1) is 12.1. The van der Waals surface area contributed by atoms with Crippen LogP contribution in [0.3, 0.4) is 0 Å². The fraction of sp³-hybridized carbons (Fsp3) is 0.562. The van der Waals surface area contributed by atoms with Crippen molar-refractivity contribution in [2.75, 3.05) is 39.4 Å². The predicted molar refractivity (Wildman–Crippen MR) is 85.0 cm³/mol. The summed E-state index contributed by atoms with van der Waals surface area (Å²) in [6.45, 7) is 3.17. The number of rotatable bonds is 3. The van der Waals surface area contributed by atoms with E-state index in [1.807, 2.05) is 0 Å². The molecule has 1 N–H and O–H groups in total. The summed E-state index contributed by atoms with van der Waals surface area (Å²) in [6.07, 6.45) is 3.73. The van der Waals surface area contributed by atoms with Gasteiger partial charge in [0.25, 0.3) is 5.91 Å². The Bertz CT molecular complexity index is 657. The zero-order chi connectivity index (χ0) is 17.8. The third-order valence-electron chi connectivity index (χ3n) is 4.47. The lowest BCUT2D eigenvalue weighted by molar-refractivity contribution is -0.141. The van der Waals surface area contributed by atoms with Crippen molar-refractivity contribution in [2.24, 2.45) is 5.92 Å². The Balaban J connectivity index is 1.64. The van der Waals surface area contributed by atoms with Gasteiger partial charge in [0.2, 0.25) is 5.91 Å². The maximum absolute atomic E-state index is 12.6. The van der Waals surface area contributed by atoms with Gasteiger partial charge in [-0.1, -0.05) is 0 Å². The molecule has 3 rings (SSSR count). The first-order valence-corrected chi connectivity index (χ1v) is 8.27. The third kappa shape index (κ3) is 3.93. The fourth-order valence-corrected chi connectivity index (χ4v) is 3.12. The molecule has 9 heteroatoms. The van der Waals surface area contributed by atoms with Gasteiger partial charge in [-0.3, -0.25) is 9.59 Å². The average Bonchev–Trinajstić information content (AvgIpc) is 2.67. The highest BCUT2D eigenvalue weighted by molar-refractivity contribution is 5.93. The van der Waals surface area contributed by atoms with Crippen LogP contribution in [0.4, 0.5) is 0 Å². The van der Waals surface area contributed by atoms with E-state index in [0.29, 0.717) is 39.4 Å². The maximum atomic E-state index is 12.6. The van der Waals surface area contributed by atoms with Crippen LogP contribution in [0.25, 0.3) is 0 Å². The van der Waals surface area contributed by atoms with Crippen molar-refractivity contribution in [3.05, 3.63) is 23.8 Å². The molecule has 0 aromatic carbocycles. The number of aromatic carboxylic acids is 1. The van der Waals surface area contributed by atoms with Gasteiger partial charge >= 0.3 is 5.97 Å². The molecule has 0 bridgehead atoms. The molecule has 9 nitrogen and oxygen atoms in total. The number of amides is 2. The Hall–Kier alpha value is -2.55. The molecule has 134 valence electrons. The van der Waals surface area contributed by atoms with E-state index in [9.17, 15) is 14.4 Å². The van der Waals surface area contributed by atoms with Gasteiger partial charge in [0.05, 0.1) is 31.5 Å². The summed E-state index contributed by atoms with van der Waals surface area (Å²) in [4.78, 5) is 47.0. The van der Waals surface area contributed by atoms with E-state index in [1.54, 1.807) is 9.80 Å². The van der Waals surface area contributed by atoms with Crippen molar-refractivity contribution < 1.29 is 24.2 Å². The monoisotopic (exact) mass is 348 g/mol. The van der Waals surface area contributed by atoms with Crippen molar-refractivity contribution in [2.45, 2.75) is 12.8 Å². The summed E-state index contributed by atoms with van der Waals surface area (Å²) in [5, 5.41) is 8.83. The van der Waals surface area contributed by atoms with Crippen LogP contribution in [0.5, 0.6) is 0 Å². The highest BCUT2D eigenvalue weighted by Crippen LogP contribution is 2.21. The van der Waals surface area contributed by atoms with Gasteiger partial charge in [-0.25, -0.2) is 14.8 Å². The quantitative estimate of drug-likeness (QED) is 0.810. The molecule has 2 aliphatic heterocycles. The van der Waals surface area contributed by atoms with Crippen LogP contribution in [0.2, 0.25) is 0 Å². The molecule has 0 saturated carbocycles. The van der Waals surface area contributed by atoms with E-state index in [-0.39, 0.29) is 29.1 Å². The summed E-state index contributed by atoms with van der Waals surface area (Å²) in [5.74, 6) is -1.68. The summed E-state index contributed by atoms with van der Waals surface area (Å²) >= 11 is 0. The lowest BCUT2D eigenvalue weighted by atomic mass is 9.96. The van der Waals surface area contributed by atoms with Crippen LogP contribution in [-0.2, 0) is 9.53 Å². The van der Waals surface area contributed by atoms with Crippen LogP contribution in [0, 0.1) is 5.92 Å². The van der Waals surface area contributed by atoms with Gasteiger partial charge in [-0.05, 0) is 12.8 Å². The molecular weight excluding hydrogens is 328 g/mol. The molecule has 1 atom stereocenters. The van der Waals surface area contributed by atoms with Gasteiger partial charge in [0.1, 0.15) is 5.69 Å². The molecule has 2 amide bonds. The smallest absolute Gasteiger partial charge is 0.356 e. The number of likely N-dealkylation sites (tertiary alicyclic amines) is 1. The number of carboxylic acids is 1. The molecule has 1 aromatic heterocycles. The molecule has 0 aliphatic carbocycles. The first kappa shape index (κ1) is 17.3. The molecule has 2 aliphatic rings. The predicted octanol–water partition coefficient (Wildman–Crippen LogP) is -0.114. The number of morpholine rings is 1. The molecule has 1 aromatic rings. The number of ether oxygens (including phenoxy) is 1. The van der Waals surface area contributed by atoms with Crippen LogP contribution in [-0.4, -0.2) is 82.1 Å². The van der Waals surface area contributed by atoms with Crippen LogP contribution in [0.1, 0.15) is 33.8 Å². The second-order valence-electron chi connectivity index (χ2n) is 6.12. The zero-order valence-electron chi connectivity index (χ0n) is 13.8. The zero-order valence-corrected chi connectivity index (χ0v) is 13.8. The Kier molecular flexibility index (Phi) is 5.22. The normalized spacial score (nSPS) is 21.0. The van der Waals surface area contributed by atoms with E-state index in [1.165, 1.54) is 6.20 Å². The minimum absolute atomic E-state index is 0.0631. The highest BCUT2D eigenvalue weighted by atomic mass is 16.5. The van der Waals surface area contributed by atoms with Crippen LogP contribution < -0.4 is 0 Å². The van der Waals surface area contributed by atoms with Crippen LogP contribution >= 0.6 is 0 Å². The van der Waals surface area contributed by atoms with Crippen molar-refractivity contribution in [1.82, 2.24) is 19.8 Å². The number of hydrogen-bond acceptors (Lipinski definition) is 6. The number of carbonyl (C=O) groups excluding carboxylic acids is 2. The van der Waals surface area contributed by atoms with Crippen molar-refractivity contribution in [3.8, 4) is 0 Å². The van der Waals surface area contributed by atoms with Gasteiger partial charge in [-0.15, -0.1) is 0 Å². The van der Waals surface area contributed by atoms with Gasteiger partial charge in [0, 0.05) is 26.2 Å². The molecule has 1 unspecified atom stereocenters. The molecule has 3 heterocycles. The van der Waals surface area contributed by atoms with Gasteiger partial charge < -0.3 is 19.6 Å². The van der Waals surface area contributed by atoms with E-state index < -0.39 is 5.97 Å². The molecular formula is C16H20N4O5. The third-order valence-corrected chi connectivity index (χ3v) is 4.47. The van der Waals surface area contributed by atoms with Gasteiger partial charge in [0.15, 0.2) is 5.69 Å². The number of aromatic nitrogens is 2. The minimum Gasteiger partial charge on any atom is -0.476 e. The topological polar surface area (TPSA) is 113 Å². The average molecular weight is 348 g/mol. The standard InChI is InChI=1S/C16H20N4O5/c21-14(19-4-6-25-7-5-19)11-2-1-3-20(10-11)15(22)12-8-18-13(9-17-12)16(23)24/h8-9,11H,1-7,10H2,(H,23,24). The van der Waals surface area contributed by atoms with Crippen molar-refractivity contribution in [1.29, 1.82) is 0 Å². The summed E-state index contributed by atoms with van der Waals surface area (Å²) in [6, 6.07) is 0. The SMILES string of the molecule is O=C(O)c1cnc(C(=O)N2CCCC(C(=O)N3CCOCC3)C2)cn1. The summed E-state index contributed by atoms with van der Waals surface area (Å²) in [7, 11) is 0. The molecule has 0 radical (unpaired) electrons. The molecule has 2 saturated heterocycles. The Morgan fingerprint density at radius 3 is 2.36 bits per heavy atom. The minimum atomic E-state index is -1.19. The molecule has 0 spiro atoms. The van der Waals surface area contributed by atoms with Gasteiger partial charge in [-0.2, -0.15) is 0 Å². The lowest BCUT2D eigenvalue weighted by Crippen LogP contribution is -2.49. The number of hydrogen-bond donors (Lipinski definition) is 1. The molecule has 25 heavy (non-hydrogen) atoms.